The fraction of sp³-hybridized carbons (Fsp3) is 0.406. The van der Waals surface area contributed by atoms with E-state index >= 15 is 0 Å². The van der Waals surface area contributed by atoms with Crippen LogP contribution < -0.4 is 30.7 Å². The number of terminal acetylenes is 1. The molecule has 1 saturated heterocycles. The number of nitrogens with one attached hydrogen (secondary N) is 4. The molecule has 9 rings (SSSR count). The lowest BCUT2D eigenvalue weighted by Gasteiger charge is -2.18. The molecule has 6 heterocycles. The number of anilines is 2. The summed E-state index contributed by atoms with van der Waals surface area (Å²) in [4.78, 5) is 62.1. The van der Waals surface area contributed by atoms with Crippen molar-refractivity contribution in [2.75, 3.05) is 44.8 Å². The molecule has 422 valence electrons. The van der Waals surface area contributed by atoms with E-state index in [2.05, 4.69) is 96.9 Å². The van der Waals surface area contributed by atoms with Gasteiger partial charge in [0.25, 0.3) is 6.47 Å². The van der Waals surface area contributed by atoms with Gasteiger partial charge in [0, 0.05) is 102 Å². The van der Waals surface area contributed by atoms with Crippen molar-refractivity contribution in [1.82, 2.24) is 25.9 Å². The van der Waals surface area contributed by atoms with E-state index < -0.39 is 0 Å². The van der Waals surface area contributed by atoms with Gasteiger partial charge >= 0.3 is 0 Å². The third-order valence-electron chi connectivity index (χ3n) is 15.6. The molecule has 1 unspecified atom stereocenters. The van der Waals surface area contributed by atoms with Gasteiger partial charge in [0.1, 0.15) is 17.9 Å². The van der Waals surface area contributed by atoms with Gasteiger partial charge in [-0.05, 0) is 112 Å². The van der Waals surface area contributed by atoms with Crippen LogP contribution in [0.25, 0.3) is 10.9 Å². The highest BCUT2D eigenvalue weighted by molar-refractivity contribution is 6.21. The molecular formula is C64H73N9O8. The Balaban J connectivity index is 0.865. The molecule has 1 aliphatic carbocycles. The minimum atomic E-state index is -0.263. The van der Waals surface area contributed by atoms with Gasteiger partial charge in [-0.3, -0.25) is 14.4 Å². The number of ether oxygens (including phenoxy) is 4. The first-order valence-corrected chi connectivity index (χ1v) is 28.4. The van der Waals surface area contributed by atoms with Gasteiger partial charge in [0.2, 0.25) is 11.8 Å². The summed E-state index contributed by atoms with van der Waals surface area (Å²) in [6, 6.07) is 10.9. The van der Waals surface area contributed by atoms with E-state index in [-0.39, 0.29) is 81.3 Å². The zero-order valence-electron chi connectivity index (χ0n) is 47.5. The number of allylic oxidation sites excluding steroid dienone is 11. The Hall–Kier alpha value is -8.36. The molecule has 2 amide bonds. The molecule has 17 heteroatoms. The number of benzene rings is 2. The van der Waals surface area contributed by atoms with Gasteiger partial charge in [0.05, 0.1) is 72.1 Å². The summed E-state index contributed by atoms with van der Waals surface area (Å²) in [5.74, 6) is 3.64. The first-order valence-electron chi connectivity index (χ1n) is 28.4. The number of unbranched alkanes of at least 4 members (excludes halogenated alkanes) is 3. The summed E-state index contributed by atoms with van der Waals surface area (Å²) in [6.07, 6.45) is 20.0. The summed E-state index contributed by atoms with van der Waals surface area (Å²) in [5.41, 5.74) is 15.8. The third-order valence-corrected chi connectivity index (χ3v) is 15.6. The molecule has 3 atom stereocenters. The maximum atomic E-state index is 13.7. The van der Waals surface area contributed by atoms with Crippen molar-refractivity contribution in [3.05, 3.63) is 140 Å². The molecule has 0 radical (unpaired) electrons. The van der Waals surface area contributed by atoms with Crippen LogP contribution in [0.1, 0.15) is 118 Å². The van der Waals surface area contributed by atoms with Crippen LogP contribution in [-0.4, -0.2) is 96.1 Å². The van der Waals surface area contributed by atoms with Crippen molar-refractivity contribution in [2.24, 2.45) is 26.8 Å². The standard InChI is InChI=1S/C64H73N9O8/c1-9-12-13-14-25-79-41(8)60-39(6)50-31-49-38(5)45(62(72-49)47-29-55(75)61-40(7)51(73-63(47)61)32-53-44(11-3)37(4)48(70-53)33-54(60)71-50)19-20-58(76)65-22-23-66-59(77)21-27-81-56-30-46-52(34-57(56)80-26-16-24-78-36-74)67-35-68-64(46)69-43-18-15-17-42(10-2)28-43/h2,15,17-18,28,30-36,38,41,45,72,75H,9,11-14,16,19-27,29H2,1,3-8H3,(H,65,76)(H,66,77)(H,67,68,69)/t38-,41?,45-/m0/s1. The van der Waals surface area contributed by atoms with Gasteiger partial charge in [0.15, 0.2) is 11.5 Å². The molecule has 5 aliphatic heterocycles. The van der Waals surface area contributed by atoms with E-state index in [9.17, 15) is 19.5 Å². The Kier molecular flexibility index (Phi) is 18.6. The van der Waals surface area contributed by atoms with Gasteiger partial charge in [-0.1, -0.05) is 52.0 Å². The average Bonchev–Trinajstić information content (AvgIpc) is 3.63. The maximum Gasteiger partial charge on any atom is 0.293 e. The van der Waals surface area contributed by atoms with E-state index in [0.29, 0.717) is 66.1 Å². The summed E-state index contributed by atoms with van der Waals surface area (Å²) in [6.45, 7) is 16.8. The number of carbonyl (C=O) groups is 3. The van der Waals surface area contributed by atoms with Crippen LogP contribution in [0.2, 0.25) is 0 Å². The second kappa shape index (κ2) is 26.3. The summed E-state index contributed by atoms with van der Waals surface area (Å²) >= 11 is 0. The molecule has 81 heavy (non-hydrogen) atoms. The van der Waals surface area contributed by atoms with Crippen LogP contribution in [0, 0.1) is 24.2 Å². The molecule has 8 bridgehead atoms. The fourth-order valence-electron chi connectivity index (χ4n) is 11.2. The van der Waals surface area contributed by atoms with Crippen molar-refractivity contribution in [2.45, 2.75) is 119 Å². The van der Waals surface area contributed by atoms with Crippen molar-refractivity contribution in [1.29, 1.82) is 0 Å². The fourth-order valence-corrected chi connectivity index (χ4v) is 11.2. The van der Waals surface area contributed by atoms with Crippen LogP contribution >= 0.6 is 0 Å². The molecular weight excluding hydrogens is 1020 g/mol. The minimum absolute atomic E-state index is 0.0217. The smallest absolute Gasteiger partial charge is 0.293 e. The van der Waals surface area contributed by atoms with Gasteiger partial charge < -0.3 is 45.3 Å². The predicted octanol–water partition coefficient (Wildman–Crippen LogP) is 10.7. The predicted molar refractivity (Wildman–Crippen MR) is 316 cm³/mol. The number of aromatic nitrogens is 2. The largest absolute Gasteiger partial charge is 0.511 e. The molecule has 3 aromatic rings. The van der Waals surface area contributed by atoms with Crippen LogP contribution in [-0.2, 0) is 23.9 Å². The topological polar surface area (TPSA) is 219 Å². The van der Waals surface area contributed by atoms with E-state index in [1.54, 1.807) is 12.1 Å². The molecule has 0 saturated carbocycles. The average molecular weight is 1100 g/mol. The van der Waals surface area contributed by atoms with E-state index in [4.69, 9.17) is 40.3 Å². The SMILES string of the molecule is C#Cc1cccc(Nc2ncnc3cc(OCCCOC=O)c(OCCC(=O)NCCNC(=O)CC[C@@H]4C5=C6CC(O)=C7C6=NC(=C7C)C=C6N=C(C=C7N=C(C=C(N5)[C@H]4C)C(C)=C7C(C)OCCCCCC)C(C)=C6CC)cc23)c1. The highest BCUT2D eigenvalue weighted by atomic mass is 16.5. The molecule has 0 spiro atoms. The number of rotatable bonds is 26. The zero-order valence-corrected chi connectivity index (χ0v) is 47.5. The summed E-state index contributed by atoms with van der Waals surface area (Å²) in [5, 5.41) is 25.3. The van der Waals surface area contributed by atoms with Gasteiger partial charge in [-0.25, -0.2) is 24.9 Å². The molecule has 2 aromatic carbocycles. The van der Waals surface area contributed by atoms with E-state index in [0.717, 1.165) is 116 Å². The quantitative estimate of drug-likeness (QED) is 0.0288. The van der Waals surface area contributed by atoms with Crippen molar-refractivity contribution in [3.8, 4) is 23.8 Å². The summed E-state index contributed by atoms with van der Waals surface area (Å²) in [7, 11) is 0. The zero-order chi connectivity index (χ0) is 57.2. The Morgan fingerprint density at radius 3 is 2.41 bits per heavy atom. The molecule has 17 nitrogen and oxygen atoms in total. The molecule has 5 N–H and O–H groups in total. The minimum Gasteiger partial charge on any atom is -0.511 e. The second-order valence-corrected chi connectivity index (χ2v) is 21.0. The summed E-state index contributed by atoms with van der Waals surface area (Å²) < 4.78 is 23.6. The Morgan fingerprint density at radius 2 is 1.63 bits per heavy atom. The number of hydrogen-bond acceptors (Lipinski definition) is 15. The lowest BCUT2D eigenvalue weighted by molar-refractivity contribution is -0.129. The molecule has 6 aliphatic rings. The third kappa shape index (κ3) is 13.0. The number of aliphatic hydroxyl groups is 1. The normalized spacial score (nSPS) is 18.5. The van der Waals surface area contributed by atoms with Crippen molar-refractivity contribution < 1.29 is 38.4 Å². The molecule has 1 fully saturated rings. The van der Waals surface area contributed by atoms with Crippen LogP contribution in [0.5, 0.6) is 11.5 Å². The number of amides is 2. The number of aliphatic imine (C=N–C) groups is 3. The van der Waals surface area contributed by atoms with Gasteiger partial charge in [-0.15, -0.1) is 6.42 Å². The van der Waals surface area contributed by atoms with E-state index in [1.807, 2.05) is 31.2 Å². The monoisotopic (exact) mass is 1100 g/mol. The van der Waals surface area contributed by atoms with Crippen LogP contribution in [0.3, 0.4) is 0 Å². The van der Waals surface area contributed by atoms with Crippen LogP contribution in [0.15, 0.2) is 149 Å². The highest BCUT2D eigenvalue weighted by Gasteiger charge is 2.41. The Morgan fingerprint density at radius 1 is 0.864 bits per heavy atom. The first kappa shape index (κ1) is 57.3. The van der Waals surface area contributed by atoms with Crippen molar-refractivity contribution >= 4 is 57.8 Å². The number of hydrogen-bond donors (Lipinski definition) is 5. The number of carbonyl (C=O) groups excluding carboxylic acids is 3. The number of nitrogens with zero attached hydrogens (tertiary/aromatic N) is 5. The Bertz CT molecular complexity index is 3420. The first-order chi connectivity index (χ1) is 39.3. The van der Waals surface area contributed by atoms with Gasteiger partial charge in [-0.2, -0.15) is 0 Å². The molecule has 1 aromatic heterocycles. The Labute approximate surface area is 474 Å². The highest BCUT2D eigenvalue weighted by Crippen LogP contribution is 2.47. The lowest BCUT2D eigenvalue weighted by atomic mass is 9.86. The maximum absolute atomic E-state index is 13.7. The second-order valence-electron chi connectivity index (χ2n) is 21.0. The van der Waals surface area contributed by atoms with Crippen LogP contribution in [0.4, 0.5) is 11.5 Å². The van der Waals surface area contributed by atoms with Crippen molar-refractivity contribution in [3.63, 3.8) is 0 Å². The number of fused-ring (bicyclic) bond motifs is 6. The van der Waals surface area contributed by atoms with E-state index in [1.165, 1.54) is 12.7 Å². The lowest BCUT2D eigenvalue weighted by Crippen LogP contribution is -2.35. The number of aliphatic hydroxyl groups excluding tert-OH is 1.